The zero-order valence-corrected chi connectivity index (χ0v) is 12.8. The molecule has 0 spiro atoms. The van der Waals surface area contributed by atoms with Crippen molar-refractivity contribution in [2.45, 2.75) is 25.3 Å². The van der Waals surface area contributed by atoms with Crippen molar-refractivity contribution in [3.63, 3.8) is 0 Å². The van der Waals surface area contributed by atoms with Crippen LogP contribution in [0.2, 0.25) is 0 Å². The molecule has 1 aromatic heterocycles. The van der Waals surface area contributed by atoms with E-state index in [2.05, 4.69) is 4.98 Å². The summed E-state index contributed by atoms with van der Waals surface area (Å²) >= 11 is 5.33. The van der Waals surface area contributed by atoms with Crippen molar-refractivity contribution < 1.29 is 13.5 Å². The molecule has 2 aromatic rings. The summed E-state index contributed by atoms with van der Waals surface area (Å²) in [5.41, 5.74) is 7.12. The highest BCUT2D eigenvalue weighted by molar-refractivity contribution is 7.71. The molecule has 7 heteroatoms. The van der Waals surface area contributed by atoms with Crippen LogP contribution in [-0.2, 0) is 12.8 Å². The van der Waals surface area contributed by atoms with E-state index in [-0.39, 0.29) is 11.8 Å². The van der Waals surface area contributed by atoms with Crippen LogP contribution >= 0.6 is 12.2 Å². The summed E-state index contributed by atoms with van der Waals surface area (Å²) in [6.07, 6.45) is 3.98. The van der Waals surface area contributed by atoms with Gasteiger partial charge < -0.3 is 20.0 Å². The lowest BCUT2D eigenvalue weighted by molar-refractivity contribution is 0.210. The van der Waals surface area contributed by atoms with Gasteiger partial charge in [-0.25, -0.2) is 8.78 Å². The Morgan fingerprint density at radius 3 is 3.00 bits per heavy atom. The van der Waals surface area contributed by atoms with Gasteiger partial charge in [-0.2, -0.15) is 0 Å². The molecule has 0 saturated heterocycles. The summed E-state index contributed by atoms with van der Waals surface area (Å²) in [4.78, 5) is 3.02. The predicted octanol–water partition coefficient (Wildman–Crippen LogP) is 2.89. The van der Waals surface area contributed by atoms with Gasteiger partial charge in [0.15, 0.2) is 16.3 Å². The summed E-state index contributed by atoms with van der Waals surface area (Å²) in [6, 6.07) is 2.08. The van der Waals surface area contributed by atoms with Crippen LogP contribution in [-0.4, -0.2) is 22.7 Å². The zero-order chi connectivity index (χ0) is 15.7. The number of hydrogen-bond acceptors (Lipinski definition) is 3. The Morgan fingerprint density at radius 1 is 1.41 bits per heavy atom. The van der Waals surface area contributed by atoms with Crippen molar-refractivity contribution in [2.75, 3.05) is 13.2 Å². The molecule has 1 unspecified atom stereocenters. The van der Waals surface area contributed by atoms with Crippen LogP contribution in [0, 0.1) is 16.4 Å². The van der Waals surface area contributed by atoms with Gasteiger partial charge in [0, 0.05) is 29.9 Å². The van der Waals surface area contributed by atoms with Gasteiger partial charge in [-0.05, 0) is 37.7 Å². The average Bonchev–Trinajstić information content (AvgIpc) is 2.85. The second-order valence-electron chi connectivity index (χ2n) is 5.39. The summed E-state index contributed by atoms with van der Waals surface area (Å²) in [5, 5.41) is 0. The minimum atomic E-state index is -0.658. The second kappa shape index (κ2) is 6.18. The normalized spacial score (nSPS) is 17.1. The zero-order valence-electron chi connectivity index (χ0n) is 11.9. The predicted molar refractivity (Wildman–Crippen MR) is 81.6 cm³/mol. The van der Waals surface area contributed by atoms with Gasteiger partial charge in [-0.15, -0.1) is 0 Å². The van der Waals surface area contributed by atoms with Gasteiger partial charge in [0.2, 0.25) is 0 Å². The van der Waals surface area contributed by atoms with Crippen LogP contribution in [0.25, 0.3) is 0 Å². The number of aromatic amines is 1. The Labute approximate surface area is 131 Å². The van der Waals surface area contributed by atoms with Crippen molar-refractivity contribution >= 4 is 12.2 Å². The number of imidazole rings is 1. The van der Waals surface area contributed by atoms with Gasteiger partial charge in [0.1, 0.15) is 12.4 Å². The number of H-pyrrole nitrogens is 1. The summed E-state index contributed by atoms with van der Waals surface area (Å²) in [5.74, 6) is -1.11. The number of ether oxygens (including phenoxy) is 1. The minimum absolute atomic E-state index is 0.0831. The topological polar surface area (TPSA) is 56.0 Å². The molecule has 4 nitrogen and oxygen atoms in total. The highest BCUT2D eigenvalue weighted by atomic mass is 32.1. The van der Waals surface area contributed by atoms with E-state index in [4.69, 9.17) is 22.7 Å². The highest BCUT2D eigenvalue weighted by Gasteiger charge is 2.26. The first-order valence-corrected chi connectivity index (χ1v) is 7.60. The van der Waals surface area contributed by atoms with Crippen LogP contribution in [0.4, 0.5) is 8.78 Å². The Bertz CT molecular complexity index is 741. The van der Waals surface area contributed by atoms with Crippen LogP contribution in [0.3, 0.4) is 0 Å². The van der Waals surface area contributed by atoms with Gasteiger partial charge in [0.25, 0.3) is 0 Å². The van der Waals surface area contributed by atoms with E-state index in [9.17, 15) is 8.78 Å². The molecule has 0 fully saturated rings. The number of hydrogen-bond donors (Lipinski definition) is 2. The summed E-state index contributed by atoms with van der Waals surface area (Å²) in [6.45, 7) is 0.899. The Morgan fingerprint density at radius 2 is 2.23 bits per heavy atom. The molecule has 3 N–H and O–H groups in total. The number of nitrogens with zero attached hydrogens (tertiary/aromatic N) is 1. The largest absolute Gasteiger partial charge is 0.488 e. The first-order valence-electron chi connectivity index (χ1n) is 7.19. The summed E-state index contributed by atoms with van der Waals surface area (Å²) in [7, 11) is 0. The van der Waals surface area contributed by atoms with Crippen LogP contribution < -0.4 is 10.5 Å². The van der Waals surface area contributed by atoms with Crippen molar-refractivity contribution in [1.82, 2.24) is 9.55 Å². The highest BCUT2D eigenvalue weighted by Crippen LogP contribution is 2.33. The molecule has 0 bridgehead atoms. The molecule has 22 heavy (non-hydrogen) atoms. The quantitative estimate of drug-likeness (QED) is 0.850. The van der Waals surface area contributed by atoms with Crippen molar-refractivity contribution in [2.24, 2.45) is 5.73 Å². The van der Waals surface area contributed by atoms with E-state index in [1.807, 2.05) is 10.8 Å². The minimum Gasteiger partial charge on any atom is -0.488 e. The smallest absolute Gasteiger partial charge is 0.177 e. The molecule has 1 aliphatic rings. The number of rotatable bonds is 4. The van der Waals surface area contributed by atoms with E-state index >= 15 is 0 Å². The molecule has 1 atom stereocenters. The number of fused-ring (bicyclic) bond motifs is 1. The lowest BCUT2D eigenvalue weighted by Gasteiger charge is -2.28. The maximum Gasteiger partial charge on any atom is 0.177 e. The molecule has 0 amide bonds. The van der Waals surface area contributed by atoms with Crippen molar-refractivity contribution in [1.29, 1.82) is 0 Å². The number of aromatic nitrogens is 2. The van der Waals surface area contributed by atoms with Crippen LogP contribution in [0.5, 0.6) is 5.75 Å². The fourth-order valence-electron chi connectivity index (χ4n) is 2.88. The SMILES string of the molecule is NCCCc1c[nH]c(=S)n1C1COc2c(F)cc(F)cc2C1. The van der Waals surface area contributed by atoms with Crippen LogP contribution in [0.1, 0.15) is 23.7 Å². The molecule has 0 aliphatic carbocycles. The Kier molecular flexibility index (Phi) is 4.26. The average molecular weight is 325 g/mol. The van der Waals surface area contributed by atoms with Crippen LogP contribution in [0.15, 0.2) is 18.3 Å². The monoisotopic (exact) mass is 325 g/mol. The third-order valence-electron chi connectivity index (χ3n) is 3.85. The lowest BCUT2D eigenvalue weighted by Crippen LogP contribution is -2.26. The van der Waals surface area contributed by atoms with E-state index in [0.29, 0.717) is 29.9 Å². The first kappa shape index (κ1) is 15.2. The van der Waals surface area contributed by atoms with Gasteiger partial charge in [-0.1, -0.05) is 0 Å². The standard InChI is InChI=1S/C15H17F2N3OS/c16-10-4-9-5-12(8-21-14(9)13(17)6-10)20-11(2-1-3-18)7-19-15(20)22/h4,6-7,12H,1-3,5,8,18H2,(H,19,22). The summed E-state index contributed by atoms with van der Waals surface area (Å²) < 4.78 is 35.2. The van der Waals surface area contributed by atoms with E-state index < -0.39 is 11.6 Å². The van der Waals surface area contributed by atoms with Crippen molar-refractivity contribution in [3.05, 3.63) is 46.0 Å². The first-order chi connectivity index (χ1) is 10.6. The van der Waals surface area contributed by atoms with Gasteiger partial charge >= 0.3 is 0 Å². The van der Waals surface area contributed by atoms with Crippen molar-refractivity contribution in [3.8, 4) is 5.75 Å². The molecule has 118 valence electrons. The van der Waals surface area contributed by atoms with E-state index in [0.717, 1.165) is 24.6 Å². The number of nitrogens with one attached hydrogen (secondary N) is 1. The second-order valence-corrected chi connectivity index (χ2v) is 5.78. The van der Waals surface area contributed by atoms with Gasteiger partial charge in [0.05, 0.1) is 6.04 Å². The third-order valence-corrected chi connectivity index (χ3v) is 4.17. The molecule has 3 rings (SSSR count). The molecule has 2 heterocycles. The molecule has 1 aromatic carbocycles. The molecule has 0 saturated carbocycles. The van der Waals surface area contributed by atoms with E-state index in [1.54, 1.807) is 0 Å². The number of aryl methyl sites for hydroxylation is 1. The molecular formula is C15H17F2N3OS. The Hall–Kier alpha value is -1.73. The molecule has 1 aliphatic heterocycles. The van der Waals surface area contributed by atoms with Gasteiger partial charge in [-0.3, -0.25) is 0 Å². The maximum absolute atomic E-state index is 13.7. The number of nitrogens with two attached hydrogens (primary N) is 1. The van der Waals surface area contributed by atoms with E-state index in [1.165, 1.54) is 6.07 Å². The fraction of sp³-hybridized carbons (Fsp3) is 0.400. The Balaban J connectivity index is 1.92. The maximum atomic E-state index is 13.7. The molecule has 0 radical (unpaired) electrons. The number of benzene rings is 1. The number of halogens is 2. The third kappa shape index (κ3) is 2.78. The lowest BCUT2D eigenvalue weighted by atomic mass is 10.0. The molecular weight excluding hydrogens is 308 g/mol. The fourth-order valence-corrected chi connectivity index (χ4v) is 3.20.